The van der Waals surface area contributed by atoms with Gasteiger partial charge in [-0.05, 0) is 30.5 Å². The van der Waals surface area contributed by atoms with Gasteiger partial charge in [-0.1, -0.05) is 32.9 Å². The molecular formula is C19H25N3O2. The molecule has 0 atom stereocenters. The molecule has 0 unspecified atom stereocenters. The summed E-state index contributed by atoms with van der Waals surface area (Å²) in [7, 11) is 0. The summed E-state index contributed by atoms with van der Waals surface area (Å²) in [6.45, 7) is 7.46. The van der Waals surface area contributed by atoms with Crippen LogP contribution in [0.4, 0.5) is 0 Å². The van der Waals surface area contributed by atoms with Crippen molar-refractivity contribution in [2.45, 2.75) is 40.2 Å². The van der Waals surface area contributed by atoms with Crippen molar-refractivity contribution in [2.24, 2.45) is 11.3 Å². The van der Waals surface area contributed by atoms with Crippen LogP contribution < -0.4 is 5.32 Å². The van der Waals surface area contributed by atoms with Gasteiger partial charge in [0, 0.05) is 31.0 Å². The number of benzene rings is 1. The molecule has 1 N–H and O–H groups in total. The Bertz CT molecular complexity index is 647. The molecular weight excluding hydrogens is 302 g/mol. The molecule has 1 aliphatic rings. The lowest BCUT2D eigenvalue weighted by Gasteiger charge is -2.35. The van der Waals surface area contributed by atoms with E-state index in [1.54, 1.807) is 12.1 Å². The molecule has 0 bridgehead atoms. The number of piperidine rings is 1. The molecule has 1 aliphatic heterocycles. The number of nitrogens with zero attached hydrogens (tertiary/aromatic N) is 2. The predicted octanol–water partition coefficient (Wildman–Crippen LogP) is 2.46. The van der Waals surface area contributed by atoms with Gasteiger partial charge in [-0.3, -0.25) is 9.59 Å². The maximum atomic E-state index is 12.3. The molecule has 5 nitrogen and oxygen atoms in total. The van der Waals surface area contributed by atoms with Crippen molar-refractivity contribution in [3.8, 4) is 6.07 Å². The number of amides is 2. The first-order chi connectivity index (χ1) is 11.3. The second-order valence-corrected chi connectivity index (χ2v) is 7.35. The quantitative estimate of drug-likeness (QED) is 0.927. The van der Waals surface area contributed by atoms with Gasteiger partial charge < -0.3 is 10.2 Å². The zero-order chi connectivity index (χ0) is 17.7. The second-order valence-electron chi connectivity index (χ2n) is 7.35. The third kappa shape index (κ3) is 4.58. The first kappa shape index (κ1) is 18.0. The molecule has 2 rings (SSSR count). The summed E-state index contributed by atoms with van der Waals surface area (Å²) in [5.41, 5.74) is 1.14. The molecule has 1 fully saturated rings. The van der Waals surface area contributed by atoms with Crippen LogP contribution in [0.15, 0.2) is 24.3 Å². The molecule has 0 spiro atoms. The maximum absolute atomic E-state index is 12.3. The van der Waals surface area contributed by atoms with Gasteiger partial charge in [-0.25, -0.2) is 0 Å². The monoisotopic (exact) mass is 327 g/mol. The third-order valence-electron chi connectivity index (χ3n) is 4.32. The molecule has 1 heterocycles. The Morgan fingerprint density at radius 2 is 1.96 bits per heavy atom. The Morgan fingerprint density at radius 1 is 1.29 bits per heavy atom. The minimum Gasteiger partial charge on any atom is -0.352 e. The van der Waals surface area contributed by atoms with Gasteiger partial charge in [0.25, 0.3) is 0 Å². The number of hydrogen-bond acceptors (Lipinski definition) is 3. The SMILES string of the molecule is CC(C)(C)C(=O)N1CCC(C(=O)NCc2cccc(C#N)c2)CC1. The number of hydrogen-bond donors (Lipinski definition) is 1. The van der Waals surface area contributed by atoms with Gasteiger partial charge in [0.05, 0.1) is 11.6 Å². The molecule has 0 saturated carbocycles. The molecule has 1 saturated heterocycles. The molecule has 5 heteroatoms. The Hall–Kier alpha value is -2.35. The van der Waals surface area contributed by atoms with Crippen molar-refractivity contribution in [3.63, 3.8) is 0 Å². The van der Waals surface area contributed by atoms with Gasteiger partial charge in [-0.15, -0.1) is 0 Å². The largest absolute Gasteiger partial charge is 0.352 e. The standard InChI is InChI=1S/C19H25N3O2/c1-19(2,3)18(24)22-9-7-16(8-10-22)17(23)21-13-15-6-4-5-14(11-15)12-20/h4-6,11,16H,7-10,13H2,1-3H3,(H,21,23). The van der Waals surface area contributed by atoms with Gasteiger partial charge >= 0.3 is 0 Å². The van der Waals surface area contributed by atoms with Crippen LogP contribution in [0.2, 0.25) is 0 Å². The fourth-order valence-electron chi connectivity index (χ4n) is 2.90. The summed E-state index contributed by atoms with van der Waals surface area (Å²) in [6, 6.07) is 9.33. The number of likely N-dealkylation sites (tertiary alicyclic amines) is 1. The first-order valence-electron chi connectivity index (χ1n) is 8.37. The lowest BCUT2D eigenvalue weighted by molar-refractivity contribution is -0.142. The van der Waals surface area contributed by atoms with E-state index in [-0.39, 0.29) is 23.1 Å². The smallest absolute Gasteiger partial charge is 0.227 e. The van der Waals surface area contributed by atoms with Crippen LogP contribution in [0.25, 0.3) is 0 Å². The van der Waals surface area contributed by atoms with Crippen LogP contribution in [0, 0.1) is 22.7 Å². The van der Waals surface area contributed by atoms with Gasteiger partial charge in [0.2, 0.25) is 11.8 Å². The van der Waals surface area contributed by atoms with Crippen LogP contribution in [-0.4, -0.2) is 29.8 Å². The van der Waals surface area contributed by atoms with Crippen molar-refractivity contribution in [2.75, 3.05) is 13.1 Å². The molecule has 1 aromatic rings. The number of nitrogens with one attached hydrogen (secondary N) is 1. The van der Waals surface area contributed by atoms with Crippen LogP contribution >= 0.6 is 0 Å². The summed E-state index contributed by atoms with van der Waals surface area (Å²) >= 11 is 0. The van der Waals surface area contributed by atoms with E-state index in [0.717, 1.165) is 5.56 Å². The predicted molar refractivity (Wildman–Crippen MR) is 91.8 cm³/mol. The third-order valence-corrected chi connectivity index (χ3v) is 4.32. The molecule has 1 aromatic carbocycles. The molecule has 0 aliphatic carbocycles. The zero-order valence-electron chi connectivity index (χ0n) is 14.6. The fourth-order valence-corrected chi connectivity index (χ4v) is 2.90. The first-order valence-corrected chi connectivity index (χ1v) is 8.37. The van der Waals surface area contributed by atoms with Crippen LogP contribution in [0.3, 0.4) is 0 Å². The van der Waals surface area contributed by atoms with Crippen LogP contribution in [-0.2, 0) is 16.1 Å². The fraction of sp³-hybridized carbons (Fsp3) is 0.526. The maximum Gasteiger partial charge on any atom is 0.227 e. The summed E-state index contributed by atoms with van der Waals surface area (Å²) in [5.74, 6) is 0.128. The van der Waals surface area contributed by atoms with E-state index in [4.69, 9.17) is 5.26 Å². The highest BCUT2D eigenvalue weighted by molar-refractivity contribution is 5.82. The highest BCUT2D eigenvalue weighted by Gasteiger charge is 2.32. The molecule has 0 radical (unpaired) electrons. The minimum absolute atomic E-state index is 0.0280. The molecule has 2 amide bonds. The average Bonchev–Trinajstić information content (AvgIpc) is 2.58. The van der Waals surface area contributed by atoms with E-state index in [0.29, 0.717) is 38.0 Å². The summed E-state index contributed by atoms with van der Waals surface area (Å²) in [4.78, 5) is 26.4. The van der Waals surface area contributed by atoms with Crippen molar-refractivity contribution in [1.82, 2.24) is 10.2 Å². The highest BCUT2D eigenvalue weighted by atomic mass is 16.2. The van der Waals surface area contributed by atoms with E-state index in [9.17, 15) is 9.59 Å². The lowest BCUT2D eigenvalue weighted by atomic mass is 9.90. The van der Waals surface area contributed by atoms with Gasteiger partial charge in [-0.2, -0.15) is 5.26 Å². The van der Waals surface area contributed by atoms with E-state index >= 15 is 0 Å². The van der Waals surface area contributed by atoms with Crippen molar-refractivity contribution >= 4 is 11.8 Å². The van der Waals surface area contributed by atoms with Gasteiger partial charge in [0.1, 0.15) is 0 Å². The normalized spacial score (nSPS) is 15.7. The summed E-state index contributed by atoms with van der Waals surface area (Å²) in [5, 5.41) is 11.8. The number of nitriles is 1. The minimum atomic E-state index is -0.374. The Kier molecular flexibility index (Phi) is 5.61. The summed E-state index contributed by atoms with van der Waals surface area (Å²) in [6.07, 6.45) is 1.40. The molecule has 128 valence electrons. The number of carbonyl (C=O) groups excluding carboxylic acids is 2. The van der Waals surface area contributed by atoms with Crippen molar-refractivity contribution in [3.05, 3.63) is 35.4 Å². The average molecular weight is 327 g/mol. The molecule has 24 heavy (non-hydrogen) atoms. The Balaban J connectivity index is 1.83. The second kappa shape index (κ2) is 7.48. The number of carbonyl (C=O) groups is 2. The van der Waals surface area contributed by atoms with Crippen LogP contribution in [0.5, 0.6) is 0 Å². The van der Waals surface area contributed by atoms with Crippen molar-refractivity contribution in [1.29, 1.82) is 5.26 Å². The highest BCUT2D eigenvalue weighted by Crippen LogP contribution is 2.23. The zero-order valence-corrected chi connectivity index (χ0v) is 14.6. The van der Waals surface area contributed by atoms with Gasteiger partial charge in [0.15, 0.2) is 0 Å². The number of rotatable bonds is 3. The van der Waals surface area contributed by atoms with Crippen molar-refractivity contribution < 1.29 is 9.59 Å². The van der Waals surface area contributed by atoms with E-state index in [1.165, 1.54) is 0 Å². The van der Waals surface area contributed by atoms with E-state index in [2.05, 4.69) is 11.4 Å². The topological polar surface area (TPSA) is 73.2 Å². The van der Waals surface area contributed by atoms with E-state index < -0.39 is 0 Å². The van der Waals surface area contributed by atoms with Crippen LogP contribution in [0.1, 0.15) is 44.7 Å². The summed E-state index contributed by atoms with van der Waals surface area (Å²) < 4.78 is 0. The molecule has 0 aromatic heterocycles. The van der Waals surface area contributed by atoms with E-state index in [1.807, 2.05) is 37.8 Å². The Labute approximate surface area is 143 Å². The Morgan fingerprint density at radius 3 is 2.54 bits per heavy atom. The lowest BCUT2D eigenvalue weighted by Crippen LogP contribution is -2.46.